The van der Waals surface area contributed by atoms with Crippen LogP contribution in [0, 0.1) is 24.1 Å². The van der Waals surface area contributed by atoms with Crippen molar-refractivity contribution in [3.8, 4) is 17.5 Å². The van der Waals surface area contributed by atoms with Crippen LogP contribution in [-0.2, 0) is 15.7 Å². The first-order valence-electron chi connectivity index (χ1n) is 7.78. The van der Waals surface area contributed by atoms with Crippen LogP contribution in [0.2, 0.25) is 0 Å². The van der Waals surface area contributed by atoms with Crippen molar-refractivity contribution in [3.05, 3.63) is 51.2 Å². The van der Waals surface area contributed by atoms with Crippen molar-refractivity contribution in [2.45, 2.75) is 20.0 Å². The molecule has 1 aromatic heterocycles. The molecule has 2 aromatic rings. The van der Waals surface area contributed by atoms with E-state index in [2.05, 4.69) is 9.84 Å². The first-order chi connectivity index (χ1) is 13.1. The van der Waals surface area contributed by atoms with Crippen LogP contribution in [0.1, 0.15) is 23.6 Å². The molecule has 11 heteroatoms. The largest absolute Gasteiger partial charge is 0.480 e. The van der Waals surface area contributed by atoms with Gasteiger partial charge in [0, 0.05) is 11.6 Å². The third kappa shape index (κ3) is 4.28. The van der Waals surface area contributed by atoms with E-state index >= 15 is 0 Å². The smallest absolute Gasteiger partial charge is 0.418 e. The van der Waals surface area contributed by atoms with Gasteiger partial charge in [0.05, 0.1) is 23.9 Å². The summed E-state index contributed by atoms with van der Waals surface area (Å²) in [7, 11) is 0. The molecule has 0 unspecified atom stereocenters. The van der Waals surface area contributed by atoms with Crippen molar-refractivity contribution in [1.82, 2.24) is 9.78 Å². The molecule has 1 heterocycles. The minimum atomic E-state index is -4.80. The zero-order valence-electron chi connectivity index (χ0n) is 14.6. The summed E-state index contributed by atoms with van der Waals surface area (Å²) < 4.78 is 63.2. The Hall–Kier alpha value is -3.42. The Labute approximate surface area is 155 Å². The van der Waals surface area contributed by atoms with E-state index in [-0.39, 0.29) is 17.9 Å². The third-order valence-corrected chi connectivity index (χ3v) is 3.57. The van der Waals surface area contributed by atoms with Crippen molar-refractivity contribution >= 4 is 5.97 Å². The van der Waals surface area contributed by atoms with Gasteiger partial charge >= 0.3 is 12.1 Å². The van der Waals surface area contributed by atoms with E-state index in [4.69, 9.17) is 10.00 Å². The summed E-state index contributed by atoms with van der Waals surface area (Å²) in [4.78, 5) is 23.6. The Morgan fingerprint density at radius 1 is 1.36 bits per heavy atom. The summed E-state index contributed by atoms with van der Waals surface area (Å²) >= 11 is 0. The number of alkyl halides is 3. The lowest BCUT2D eigenvalue weighted by Gasteiger charge is -2.14. The topological polar surface area (TPSA) is 94.2 Å². The van der Waals surface area contributed by atoms with Crippen LogP contribution in [0.5, 0.6) is 5.75 Å². The highest BCUT2D eigenvalue weighted by Crippen LogP contribution is 2.30. The maximum Gasteiger partial charge on any atom is 0.418 e. The molecule has 0 amide bonds. The van der Waals surface area contributed by atoms with E-state index in [1.807, 2.05) is 0 Å². The molecule has 0 atom stereocenters. The van der Waals surface area contributed by atoms with Gasteiger partial charge in [-0.2, -0.15) is 28.2 Å². The fourth-order valence-electron chi connectivity index (χ4n) is 2.25. The fraction of sp³-hybridized carbons (Fsp3) is 0.294. The minimum Gasteiger partial charge on any atom is -0.480 e. The van der Waals surface area contributed by atoms with E-state index in [0.29, 0.717) is 10.9 Å². The monoisotopic (exact) mass is 399 g/mol. The van der Waals surface area contributed by atoms with Crippen LogP contribution >= 0.6 is 0 Å². The average molecular weight is 399 g/mol. The Morgan fingerprint density at radius 3 is 2.61 bits per heavy atom. The van der Waals surface area contributed by atoms with E-state index in [1.165, 1.54) is 0 Å². The van der Waals surface area contributed by atoms with E-state index in [1.54, 1.807) is 13.0 Å². The number of nitrogens with zero attached hydrogens (tertiary/aromatic N) is 3. The number of halogens is 4. The molecular weight excluding hydrogens is 386 g/mol. The van der Waals surface area contributed by atoms with E-state index in [0.717, 1.165) is 19.1 Å². The number of hydrogen-bond acceptors (Lipinski definition) is 6. The Kier molecular flexibility index (Phi) is 6.03. The van der Waals surface area contributed by atoms with Crippen molar-refractivity contribution in [2.24, 2.45) is 0 Å². The first kappa shape index (κ1) is 20.9. The van der Waals surface area contributed by atoms with Gasteiger partial charge in [-0.25, -0.2) is 9.18 Å². The highest BCUT2D eigenvalue weighted by molar-refractivity contribution is 5.71. The normalized spacial score (nSPS) is 11.0. The SMILES string of the molecule is CCOC(=O)COc1cc(-n2ncc(C(F)(F)F)c(C)c2=O)c(F)cc1C#N. The summed E-state index contributed by atoms with van der Waals surface area (Å²) in [6.07, 6.45) is -4.40. The van der Waals surface area contributed by atoms with Crippen molar-refractivity contribution < 1.29 is 31.8 Å². The van der Waals surface area contributed by atoms with E-state index in [9.17, 15) is 27.2 Å². The fourth-order valence-corrected chi connectivity index (χ4v) is 2.25. The number of esters is 1. The summed E-state index contributed by atoms with van der Waals surface area (Å²) in [6, 6.07) is 3.27. The number of nitriles is 1. The van der Waals surface area contributed by atoms with Crippen LogP contribution in [0.25, 0.3) is 5.69 Å². The molecule has 0 spiro atoms. The van der Waals surface area contributed by atoms with Crippen LogP contribution in [0.3, 0.4) is 0 Å². The molecule has 0 aliphatic rings. The van der Waals surface area contributed by atoms with Crippen molar-refractivity contribution in [3.63, 3.8) is 0 Å². The predicted octanol–water partition coefficient (Wildman–Crippen LogP) is 2.51. The van der Waals surface area contributed by atoms with Crippen molar-refractivity contribution in [2.75, 3.05) is 13.2 Å². The zero-order chi connectivity index (χ0) is 21.1. The van der Waals surface area contributed by atoms with E-state index < -0.39 is 46.9 Å². The number of aromatic nitrogens is 2. The minimum absolute atomic E-state index is 0.0894. The Balaban J connectivity index is 2.53. The lowest BCUT2D eigenvalue weighted by molar-refractivity contribution is -0.145. The molecule has 0 radical (unpaired) electrons. The highest BCUT2D eigenvalue weighted by atomic mass is 19.4. The molecule has 7 nitrogen and oxygen atoms in total. The third-order valence-electron chi connectivity index (χ3n) is 3.57. The number of carbonyl (C=O) groups is 1. The lowest BCUT2D eigenvalue weighted by atomic mass is 10.1. The molecule has 0 N–H and O–H groups in total. The van der Waals surface area contributed by atoms with Gasteiger partial charge in [-0.1, -0.05) is 0 Å². The van der Waals surface area contributed by atoms with Gasteiger partial charge in [-0.15, -0.1) is 0 Å². The maximum absolute atomic E-state index is 14.3. The number of hydrogen-bond donors (Lipinski definition) is 0. The van der Waals surface area contributed by atoms with Gasteiger partial charge in [0.2, 0.25) is 0 Å². The quantitative estimate of drug-likeness (QED) is 0.567. The van der Waals surface area contributed by atoms with Gasteiger partial charge in [0.1, 0.15) is 17.5 Å². The molecule has 0 saturated carbocycles. The number of benzene rings is 1. The molecular formula is C17H13F4N3O4. The summed E-state index contributed by atoms with van der Waals surface area (Å²) in [5.41, 5.74) is -3.96. The Bertz CT molecular complexity index is 1010. The van der Waals surface area contributed by atoms with Gasteiger partial charge < -0.3 is 9.47 Å². The first-order valence-corrected chi connectivity index (χ1v) is 7.78. The number of carbonyl (C=O) groups excluding carboxylic acids is 1. The number of rotatable bonds is 5. The average Bonchev–Trinajstić information content (AvgIpc) is 2.62. The highest BCUT2D eigenvalue weighted by Gasteiger charge is 2.34. The molecule has 0 bridgehead atoms. The van der Waals surface area contributed by atoms with Gasteiger partial charge in [-0.05, 0) is 19.9 Å². The molecule has 28 heavy (non-hydrogen) atoms. The summed E-state index contributed by atoms with van der Waals surface area (Å²) in [6.45, 7) is 2.00. The van der Waals surface area contributed by atoms with Crippen molar-refractivity contribution in [1.29, 1.82) is 5.26 Å². The van der Waals surface area contributed by atoms with Gasteiger partial charge in [0.25, 0.3) is 5.56 Å². The second kappa shape index (κ2) is 8.08. The van der Waals surface area contributed by atoms with Crippen LogP contribution in [0.4, 0.5) is 17.6 Å². The standard InChI is InChI=1S/C17H13F4N3O4/c1-3-27-15(25)8-28-14-5-13(12(18)4-10(14)6-22)24-16(26)9(2)11(7-23-24)17(19,20)21/h4-5,7H,3,8H2,1-2H3. The molecule has 148 valence electrons. The molecule has 2 rings (SSSR count). The maximum atomic E-state index is 14.3. The molecule has 0 aliphatic heterocycles. The van der Waals surface area contributed by atoms with Crippen LogP contribution in [-0.4, -0.2) is 29.0 Å². The van der Waals surface area contributed by atoms with Gasteiger partial charge in [-0.3, -0.25) is 4.79 Å². The van der Waals surface area contributed by atoms with Gasteiger partial charge in [0.15, 0.2) is 12.4 Å². The number of ether oxygens (including phenoxy) is 2. The zero-order valence-corrected chi connectivity index (χ0v) is 14.6. The second-order valence-corrected chi connectivity index (χ2v) is 5.40. The Morgan fingerprint density at radius 2 is 2.04 bits per heavy atom. The molecule has 0 saturated heterocycles. The summed E-state index contributed by atoms with van der Waals surface area (Å²) in [5.74, 6) is -2.11. The predicted molar refractivity (Wildman–Crippen MR) is 86.4 cm³/mol. The molecule has 1 aromatic carbocycles. The second-order valence-electron chi connectivity index (χ2n) is 5.40. The molecule has 0 aliphatic carbocycles. The van der Waals surface area contributed by atoms with Crippen LogP contribution in [0.15, 0.2) is 23.1 Å². The lowest BCUT2D eigenvalue weighted by Crippen LogP contribution is -2.28. The van der Waals surface area contributed by atoms with Crippen LogP contribution < -0.4 is 10.3 Å². The molecule has 0 fully saturated rings. The summed E-state index contributed by atoms with van der Waals surface area (Å²) in [5, 5.41) is 12.4.